The van der Waals surface area contributed by atoms with Crippen LogP contribution in [0.15, 0.2) is 54.6 Å². The second-order valence-corrected chi connectivity index (χ2v) is 7.83. The molecule has 1 aliphatic rings. The van der Waals surface area contributed by atoms with E-state index in [0.717, 1.165) is 24.2 Å². The second kappa shape index (κ2) is 11.3. The van der Waals surface area contributed by atoms with Gasteiger partial charge in [0.2, 0.25) is 5.91 Å². The predicted molar refractivity (Wildman–Crippen MR) is 119 cm³/mol. The third-order valence-corrected chi connectivity index (χ3v) is 5.13. The summed E-state index contributed by atoms with van der Waals surface area (Å²) in [5.41, 5.74) is 9.79. The lowest BCUT2D eigenvalue weighted by atomic mass is 9.95. The highest BCUT2D eigenvalue weighted by Crippen LogP contribution is 2.25. The van der Waals surface area contributed by atoms with Crippen LogP contribution in [0.5, 0.6) is 0 Å². The maximum absolute atomic E-state index is 12.4. The SMILES string of the molecule is CC(C)OCc1ccc(CNC(=O)CN2C[C@@H](N)[C@H](c3ccccc3)C2)cc1.Cl. The molecule has 1 fully saturated rings. The quantitative estimate of drug-likeness (QED) is 0.692. The van der Waals surface area contributed by atoms with Crippen molar-refractivity contribution in [1.29, 1.82) is 0 Å². The zero-order valence-electron chi connectivity index (χ0n) is 17.2. The van der Waals surface area contributed by atoms with E-state index in [9.17, 15) is 4.79 Å². The molecule has 2 aromatic carbocycles. The van der Waals surface area contributed by atoms with Crippen LogP contribution >= 0.6 is 12.4 Å². The Labute approximate surface area is 180 Å². The van der Waals surface area contributed by atoms with Crippen molar-refractivity contribution in [3.05, 3.63) is 71.3 Å². The molecule has 158 valence electrons. The van der Waals surface area contributed by atoms with Gasteiger partial charge in [0.1, 0.15) is 0 Å². The Hall–Kier alpha value is -1.92. The Kier molecular flexibility index (Phi) is 9.11. The van der Waals surface area contributed by atoms with Gasteiger partial charge in [0.05, 0.1) is 19.3 Å². The molecule has 0 radical (unpaired) electrons. The molecule has 0 bridgehead atoms. The molecule has 3 N–H and O–H groups in total. The largest absolute Gasteiger partial charge is 0.374 e. The Morgan fingerprint density at radius 2 is 1.76 bits per heavy atom. The van der Waals surface area contributed by atoms with Gasteiger partial charge >= 0.3 is 0 Å². The Balaban J connectivity index is 0.00000300. The number of hydrogen-bond donors (Lipinski definition) is 2. The number of hydrogen-bond acceptors (Lipinski definition) is 4. The van der Waals surface area contributed by atoms with Crippen molar-refractivity contribution in [2.45, 2.75) is 45.1 Å². The van der Waals surface area contributed by atoms with Crippen LogP contribution in [0.3, 0.4) is 0 Å². The van der Waals surface area contributed by atoms with Gasteiger partial charge in [-0.3, -0.25) is 9.69 Å². The van der Waals surface area contributed by atoms with Crippen molar-refractivity contribution in [2.75, 3.05) is 19.6 Å². The van der Waals surface area contributed by atoms with Crippen LogP contribution in [0.25, 0.3) is 0 Å². The average Bonchev–Trinajstić information content (AvgIpc) is 3.06. The summed E-state index contributed by atoms with van der Waals surface area (Å²) in [5, 5.41) is 3.01. The lowest BCUT2D eigenvalue weighted by Crippen LogP contribution is -2.37. The molecule has 1 aliphatic heterocycles. The molecule has 0 saturated carbocycles. The van der Waals surface area contributed by atoms with Crippen molar-refractivity contribution in [2.24, 2.45) is 5.73 Å². The molecule has 1 heterocycles. The fraction of sp³-hybridized carbons (Fsp3) is 0.435. The second-order valence-electron chi connectivity index (χ2n) is 7.83. The molecule has 3 rings (SSSR count). The van der Waals surface area contributed by atoms with Gasteiger partial charge in [-0.1, -0.05) is 54.6 Å². The molecule has 29 heavy (non-hydrogen) atoms. The maximum atomic E-state index is 12.4. The lowest BCUT2D eigenvalue weighted by molar-refractivity contribution is -0.122. The standard InChI is InChI=1S/C23H31N3O2.ClH/c1-17(2)28-16-19-10-8-18(9-11-19)12-25-23(27)15-26-13-21(22(24)14-26)20-6-4-3-5-7-20;/h3-11,17,21-22H,12-16,24H2,1-2H3,(H,25,27);1H/t21-,22+;/m0./s1. The summed E-state index contributed by atoms with van der Waals surface area (Å²) in [5.74, 6) is 0.322. The fourth-order valence-corrected chi connectivity index (χ4v) is 3.57. The number of ether oxygens (including phenoxy) is 1. The van der Waals surface area contributed by atoms with E-state index in [0.29, 0.717) is 19.7 Å². The molecule has 2 aromatic rings. The van der Waals surface area contributed by atoms with E-state index < -0.39 is 0 Å². The van der Waals surface area contributed by atoms with Crippen LogP contribution in [0.2, 0.25) is 0 Å². The highest BCUT2D eigenvalue weighted by atomic mass is 35.5. The van der Waals surface area contributed by atoms with Gasteiger partial charge in [-0.05, 0) is 30.5 Å². The Morgan fingerprint density at radius 1 is 1.10 bits per heavy atom. The van der Waals surface area contributed by atoms with Crippen LogP contribution in [-0.4, -0.2) is 42.6 Å². The van der Waals surface area contributed by atoms with E-state index in [4.69, 9.17) is 10.5 Å². The summed E-state index contributed by atoms with van der Waals surface area (Å²) in [6, 6.07) is 18.6. The van der Waals surface area contributed by atoms with E-state index >= 15 is 0 Å². The smallest absolute Gasteiger partial charge is 0.234 e. The highest BCUT2D eigenvalue weighted by molar-refractivity contribution is 5.85. The first kappa shape index (κ1) is 23.4. The van der Waals surface area contributed by atoms with Gasteiger partial charge in [-0.15, -0.1) is 12.4 Å². The maximum Gasteiger partial charge on any atom is 0.234 e. The highest BCUT2D eigenvalue weighted by Gasteiger charge is 2.31. The van der Waals surface area contributed by atoms with E-state index in [1.807, 2.05) is 56.3 Å². The zero-order valence-corrected chi connectivity index (χ0v) is 18.0. The number of halogens is 1. The molecule has 2 atom stereocenters. The number of nitrogens with two attached hydrogens (primary N) is 1. The van der Waals surface area contributed by atoms with Crippen LogP contribution in [0.4, 0.5) is 0 Å². The Bertz CT molecular complexity index is 752. The van der Waals surface area contributed by atoms with Gasteiger partial charge in [0.25, 0.3) is 0 Å². The summed E-state index contributed by atoms with van der Waals surface area (Å²) < 4.78 is 5.60. The van der Waals surface area contributed by atoms with Crippen molar-refractivity contribution in [3.8, 4) is 0 Å². The van der Waals surface area contributed by atoms with Gasteiger partial charge in [0.15, 0.2) is 0 Å². The van der Waals surface area contributed by atoms with Crippen molar-refractivity contribution >= 4 is 18.3 Å². The molecular formula is C23H32ClN3O2. The van der Waals surface area contributed by atoms with Gasteiger partial charge in [-0.25, -0.2) is 0 Å². The molecule has 1 saturated heterocycles. The first-order chi connectivity index (χ1) is 13.5. The normalized spacial score (nSPS) is 19.2. The molecule has 1 amide bonds. The van der Waals surface area contributed by atoms with Crippen LogP contribution in [0.1, 0.15) is 36.5 Å². The van der Waals surface area contributed by atoms with E-state index in [1.54, 1.807) is 0 Å². The molecule has 0 aromatic heterocycles. The van der Waals surface area contributed by atoms with Crippen molar-refractivity contribution in [1.82, 2.24) is 10.2 Å². The topological polar surface area (TPSA) is 67.6 Å². The number of carbonyl (C=O) groups excluding carboxylic acids is 1. The summed E-state index contributed by atoms with van der Waals surface area (Å²) in [6.07, 6.45) is 0.221. The summed E-state index contributed by atoms with van der Waals surface area (Å²) in [7, 11) is 0. The molecule has 0 spiro atoms. The average molecular weight is 418 g/mol. The molecule has 0 aliphatic carbocycles. The van der Waals surface area contributed by atoms with E-state index in [1.165, 1.54) is 5.56 Å². The first-order valence-electron chi connectivity index (χ1n) is 10.00. The van der Waals surface area contributed by atoms with Crippen LogP contribution in [0, 0.1) is 0 Å². The van der Waals surface area contributed by atoms with Gasteiger partial charge in [-0.2, -0.15) is 0 Å². The van der Waals surface area contributed by atoms with Gasteiger partial charge in [0, 0.05) is 31.6 Å². The predicted octanol–water partition coefficient (Wildman–Crippen LogP) is 3.08. The summed E-state index contributed by atoms with van der Waals surface area (Å²) in [6.45, 7) is 7.16. The van der Waals surface area contributed by atoms with Crippen LogP contribution in [-0.2, 0) is 22.7 Å². The van der Waals surface area contributed by atoms with Crippen molar-refractivity contribution < 1.29 is 9.53 Å². The minimum atomic E-state index is 0. The number of carbonyl (C=O) groups is 1. The third-order valence-electron chi connectivity index (χ3n) is 5.13. The number of nitrogens with one attached hydrogen (secondary N) is 1. The van der Waals surface area contributed by atoms with Gasteiger partial charge < -0.3 is 15.8 Å². The summed E-state index contributed by atoms with van der Waals surface area (Å²) >= 11 is 0. The first-order valence-corrected chi connectivity index (χ1v) is 10.00. The molecule has 0 unspecified atom stereocenters. The number of nitrogens with zero attached hydrogens (tertiary/aromatic N) is 1. The number of amides is 1. The van der Waals surface area contributed by atoms with E-state index in [2.05, 4.69) is 22.3 Å². The zero-order chi connectivity index (χ0) is 19.9. The van der Waals surface area contributed by atoms with Crippen LogP contribution < -0.4 is 11.1 Å². The number of likely N-dealkylation sites (tertiary alicyclic amines) is 1. The summed E-state index contributed by atoms with van der Waals surface area (Å²) in [4.78, 5) is 14.5. The minimum absolute atomic E-state index is 0. The van der Waals surface area contributed by atoms with E-state index in [-0.39, 0.29) is 36.4 Å². The Morgan fingerprint density at radius 3 is 2.41 bits per heavy atom. The fourth-order valence-electron chi connectivity index (χ4n) is 3.57. The number of benzene rings is 2. The molecule has 5 nitrogen and oxygen atoms in total. The minimum Gasteiger partial charge on any atom is -0.374 e. The lowest BCUT2D eigenvalue weighted by Gasteiger charge is -2.16. The number of rotatable bonds is 8. The van der Waals surface area contributed by atoms with Crippen molar-refractivity contribution in [3.63, 3.8) is 0 Å². The monoisotopic (exact) mass is 417 g/mol. The third kappa shape index (κ3) is 7.12. The molecular weight excluding hydrogens is 386 g/mol. The molecule has 6 heteroatoms.